The van der Waals surface area contributed by atoms with E-state index in [9.17, 15) is 13.2 Å². The van der Waals surface area contributed by atoms with Gasteiger partial charge in [-0.2, -0.15) is 8.42 Å². The number of carbonyl (C=O) groups is 1. The normalized spacial score (nSPS) is 11.2. The molecule has 1 N–H and O–H groups in total. The molecule has 0 amide bonds. The predicted molar refractivity (Wildman–Crippen MR) is 26.5 cm³/mol. The molecule has 4 nitrogen and oxygen atoms in total. The maximum absolute atomic E-state index is 9.86. The zero-order chi connectivity index (χ0) is 6.78. The lowest BCUT2D eigenvalue weighted by molar-refractivity contribution is -0.113. The Bertz CT molecular complexity index is 177. The molecule has 1 radical (unpaired) electrons. The van der Waals surface area contributed by atoms with Crippen molar-refractivity contribution in [3.05, 3.63) is 5.75 Å². The van der Waals surface area contributed by atoms with Crippen molar-refractivity contribution in [1.82, 2.24) is 0 Å². The van der Waals surface area contributed by atoms with E-state index in [0.29, 0.717) is 0 Å². The standard InChI is InChI=1S/C3H5O4S/c1-3(4)2-8(5,6)7/h2H,1H3,(H,5,6,7). The highest BCUT2D eigenvalue weighted by molar-refractivity contribution is 7.88. The monoisotopic (exact) mass is 137 g/mol. The number of carbonyl (C=O) groups excluding carboxylic acids is 1. The van der Waals surface area contributed by atoms with Crippen molar-refractivity contribution in [1.29, 1.82) is 0 Å². The SMILES string of the molecule is CC(=O)[CH]S(=O)(=O)O. The van der Waals surface area contributed by atoms with Crippen molar-refractivity contribution < 1.29 is 17.8 Å². The zero-order valence-electron chi connectivity index (χ0n) is 4.16. The Labute approximate surface area is 47.3 Å². The Morgan fingerprint density at radius 2 is 2.00 bits per heavy atom. The molecule has 47 valence electrons. The summed E-state index contributed by atoms with van der Waals surface area (Å²) >= 11 is 0. The number of hydrogen-bond donors (Lipinski definition) is 1. The summed E-state index contributed by atoms with van der Waals surface area (Å²) < 4.78 is 27.3. The maximum Gasteiger partial charge on any atom is 0.276 e. The van der Waals surface area contributed by atoms with Crippen LogP contribution < -0.4 is 0 Å². The summed E-state index contributed by atoms with van der Waals surface area (Å²) in [5, 5.41) is 0. The molecule has 5 heteroatoms. The Morgan fingerprint density at radius 3 is 2.00 bits per heavy atom. The van der Waals surface area contributed by atoms with Gasteiger partial charge in [0, 0.05) is 0 Å². The molecule has 0 aromatic heterocycles. The summed E-state index contributed by atoms with van der Waals surface area (Å²) in [7, 11) is -4.20. The number of Topliss-reactive ketones (excluding diaryl/α,β-unsaturated/α-hetero) is 1. The van der Waals surface area contributed by atoms with Gasteiger partial charge in [0.15, 0.2) is 11.5 Å². The van der Waals surface area contributed by atoms with Crippen LogP contribution in [0.4, 0.5) is 0 Å². The van der Waals surface area contributed by atoms with Crippen LogP contribution in [0.5, 0.6) is 0 Å². The Balaban J connectivity index is 3.95. The van der Waals surface area contributed by atoms with Gasteiger partial charge in [-0.25, -0.2) is 0 Å². The first-order chi connectivity index (χ1) is 3.42. The average molecular weight is 137 g/mol. The van der Waals surface area contributed by atoms with Gasteiger partial charge in [0.05, 0.1) is 0 Å². The molecule has 0 aromatic rings. The average Bonchev–Trinajstić information content (AvgIpc) is 1.21. The van der Waals surface area contributed by atoms with Crippen LogP contribution in [0.1, 0.15) is 6.92 Å². The van der Waals surface area contributed by atoms with Gasteiger partial charge in [0.2, 0.25) is 0 Å². The molecule has 0 saturated carbocycles. The second kappa shape index (κ2) is 2.23. The fourth-order valence-corrected chi connectivity index (χ4v) is 0.629. The summed E-state index contributed by atoms with van der Waals surface area (Å²) in [5.74, 6) is -0.444. The summed E-state index contributed by atoms with van der Waals surface area (Å²) in [6.07, 6.45) is 0. The molecule has 8 heavy (non-hydrogen) atoms. The second-order valence-electron chi connectivity index (χ2n) is 1.24. The minimum absolute atomic E-state index is 0.243. The topological polar surface area (TPSA) is 71.4 Å². The van der Waals surface area contributed by atoms with Crippen molar-refractivity contribution in [2.75, 3.05) is 0 Å². The van der Waals surface area contributed by atoms with E-state index in [2.05, 4.69) is 0 Å². The van der Waals surface area contributed by atoms with Crippen molar-refractivity contribution in [2.45, 2.75) is 6.92 Å². The molecule has 0 unspecified atom stereocenters. The third-order valence-corrected chi connectivity index (χ3v) is 0.945. The molecule has 0 bridgehead atoms. The molecule has 0 saturated heterocycles. The molecule has 0 aromatic carbocycles. The van der Waals surface area contributed by atoms with Gasteiger partial charge in [-0.15, -0.1) is 0 Å². The van der Waals surface area contributed by atoms with E-state index in [1.807, 2.05) is 0 Å². The minimum Gasteiger partial charge on any atom is -0.298 e. The third kappa shape index (κ3) is 5.58. The fraction of sp³-hybridized carbons (Fsp3) is 0.333. The summed E-state index contributed by atoms with van der Waals surface area (Å²) in [5.41, 5.74) is 0. The first kappa shape index (κ1) is 7.58. The van der Waals surface area contributed by atoms with E-state index in [-0.39, 0.29) is 5.75 Å². The van der Waals surface area contributed by atoms with E-state index >= 15 is 0 Å². The Kier molecular flexibility index (Phi) is 2.12. The predicted octanol–water partition coefficient (Wildman–Crippen LogP) is -0.375. The van der Waals surface area contributed by atoms with E-state index in [4.69, 9.17) is 4.55 Å². The van der Waals surface area contributed by atoms with E-state index < -0.39 is 15.9 Å². The van der Waals surface area contributed by atoms with Gasteiger partial charge in [-0.05, 0) is 6.92 Å². The van der Waals surface area contributed by atoms with Crippen molar-refractivity contribution >= 4 is 15.9 Å². The van der Waals surface area contributed by atoms with Crippen LogP contribution >= 0.6 is 0 Å². The van der Waals surface area contributed by atoms with E-state index in [1.54, 1.807) is 0 Å². The fourth-order valence-electron chi connectivity index (χ4n) is 0.210. The summed E-state index contributed by atoms with van der Waals surface area (Å²) in [4.78, 5) is 9.86. The minimum atomic E-state index is -4.20. The number of rotatable bonds is 2. The van der Waals surface area contributed by atoms with Crippen LogP contribution in [0.3, 0.4) is 0 Å². The molecular weight excluding hydrogens is 132 g/mol. The molecular formula is C3H5O4S. The van der Waals surface area contributed by atoms with Crippen LogP contribution in [0.25, 0.3) is 0 Å². The van der Waals surface area contributed by atoms with Crippen LogP contribution in [0.15, 0.2) is 0 Å². The van der Waals surface area contributed by atoms with E-state index in [0.717, 1.165) is 6.92 Å². The molecule has 0 aliphatic rings. The Hall–Kier alpha value is -0.420. The van der Waals surface area contributed by atoms with Crippen LogP contribution in [-0.4, -0.2) is 18.8 Å². The lowest BCUT2D eigenvalue weighted by atomic mass is 10.5. The molecule has 0 aliphatic heterocycles. The zero-order valence-corrected chi connectivity index (χ0v) is 4.97. The number of hydrogen-bond acceptors (Lipinski definition) is 3. The summed E-state index contributed by atoms with van der Waals surface area (Å²) in [6.45, 7) is 1.04. The van der Waals surface area contributed by atoms with Crippen LogP contribution in [0.2, 0.25) is 0 Å². The van der Waals surface area contributed by atoms with Gasteiger partial charge in [0.1, 0.15) is 0 Å². The highest BCUT2D eigenvalue weighted by Gasteiger charge is 2.07. The number of ketones is 1. The third-order valence-electron chi connectivity index (χ3n) is 0.315. The lowest BCUT2D eigenvalue weighted by Crippen LogP contribution is -2.03. The van der Waals surface area contributed by atoms with Gasteiger partial charge in [0.25, 0.3) is 10.1 Å². The van der Waals surface area contributed by atoms with Crippen LogP contribution in [0, 0.1) is 5.75 Å². The molecule has 0 heterocycles. The second-order valence-corrected chi connectivity index (χ2v) is 2.51. The molecule has 0 spiro atoms. The van der Waals surface area contributed by atoms with Crippen molar-refractivity contribution in [3.8, 4) is 0 Å². The van der Waals surface area contributed by atoms with E-state index in [1.165, 1.54) is 0 Å². The highest BCUT2D eigenvalue weighted by atomic mass is 32.2. The van der Waals surface area contributed by atoms with Gasteiger partial charge < -0.3 is 0 Å². The first-order valence-electron chi connectivity index (χ1n) is 1.74. The first-order valence-corrected chi connectivity index (χ1v) is 3.25. The largest absolute Gasteiger partial charge is 0.298 e. The van der Waals surface area contributed by atoms with Gasteiger partial charge in [-0.1, -0.05) is 0 Å². The lowest BCUT2D eigenvalue weighted by Gasteiger charge is -1.85. The molecule has 0 fully saturated rings. The highest BCUT2D eigenvalue weighted by Crippen LogP contribution is 1.88. The van der Waals surface area contributed by atoms with Crippen LogP contribution in [-0.2, 0) is 14.9 Å². The van der Waals surface area contributed by atoms with Gasteiger partial charge >= 0.3 is 0 Å². The van der Waals surface area contributed by atoms with Gasteiger partial charge in [-0.3, -0.25) is 9.35 Å². The maximum atomic E-state index is 9.86. The molecule has 0 rings (SSSR count). The molecule has 0 atom stereocenters. The quantitative estimate of drug-likeness (QED) is 0.527. The smallest absolute Gasteiger partial charge is 0.276 e. The molecule has 0 aliphatic carbocycles. The Morgan fingerprint density at radius 1 is 1.62 bits per heavy atom. The summed E-state index contributed by atoms with van der Waals surface area (Å²) in [6, 6.07) is 0. The van der Waals surface area contributed by atoms with Crippen molar-refractivity contribution in [2.24, 2.45) is 0 Å². The van der Waals surface area contributed by atoms with Crippen molar-refractivity contribution in [3.63, 3.8) is 0 Å².